The van der Waals surface area contributed by atoms with E-state index in [4.69, 9.17) is 14.9 Å². The van der Waals surface area contributed by atoms with Crippen molar-refractivity contribution >= 4 is 11.9 Å². The van der Waals surface area contributed by atoms with Crippen LogP contribution in [0.5, 0.6) is 0 Å². The van der Waals surface area contributed by atoms with Crippen molar-refractivity contribution in [1.82, 2.24) is 0 Å². The van der Waals surface area contributed by atoms with Gasteiger partial charge < -0.3 is 20.4 Å². The van der Waals surface area contributed by atoms with Crippen molar-refractivity contribution in [2.24, 2.45) is 10.8 Å². The Kier molecular flexibility index (Phi) is 28.0. The van der Waals surface area contributed by atoms with Crippen LogP contribution in [0.4, 0.5) is 0 Å². The van der Waals surface area contributed by atoms with Crippen LogP contribution in [0, 0.1) is 10.8 Å². The van der Waals surface area contributed by atoms with Crippen LogP contribution in [0.25, 0.3) is 0 Å². The molecule has 7 heteroatoms. The molecule has 0 radical (unpaired) electrons. The van der Waals surface area contributed by atoms with Crippen molar-refractivity contribution in [3.63, 3.8) is 0 Å². The molecule has 0 atom stereocenters. The molecule has 0 saturated carbocycles. The predicted octanol–water partition coefficient (Wildman–Crippen LogP) is 0.709. The van der Waals surface area contributed by atoms with Gasteiger partial charge in [0.15, 0.2) is 0 Å². The van der Waals surface area contributed by atoms with Crippen LogP contribution in [0.1, 0.15) is 74.1 Å². The van der Waals surface area contributed by atoms with Gasteiger partial charge in [0.05, 0.1) is 17.4 Å². The van der Waals surface area contributed by atoms with E-state index >= 15 is 0 Å². The van der Waals surface area contributed by atoms with Crippen LogP contribution < -0.4 is 29.6 Å². The molecule has 0 aliphatic heterocycles. The van der Waals surface area contributed by atoms with Crippen LogP contribution in [0.3, 0.4) is 0 Å². The molecule has 0 unspecified atom stereocenters. The molecule has 0 bridgehead atoms. The van der Waals surface area contributed by atoms with Gasteiger partial charge in [0.1, 0.15) is 0 Å². The number of carbonyl (C=O) groups is 2. The van der Waals surface area contributed by atoms with Crippen molar-refractivity contribution in [1.29, 1.82) is 0 Å². The first-order valence-electron chi connectivity index (χ1n) is 8.02. The van der Waals surface area contributed by atoms with Gasteiger partial charge in [-0.05, 0) is 46.5 Å². The first-order valence-corrected chi connectivity index (χ1v) is 8.02. The second-order valence-corrected chi connectivity index (χ2v) is 5.56. The molecular weight excluding hydrogens is 323 g/mol. The molecule has 0 spiro atoms. The third kappa shape index (κ3) is 13.2. The van der Waals surface area contributed by atoms with Gasteiger partial charge in [-0.3, -0.25) is 9.59 Å². The number of aliphatic carboxylic acids is 1. The minimum absolute atomic E-state index is 0. The Balaban J connectivity index is -0.0000000854. The summed E-state index contributed by atoms with van der Waals surface area (Å²) in [5, 5.41) is 15.6. The standard InChI is InChI=1S/C9H18O2.C7H14O2.CH4O.Na.H2O/c1-5-9(4,6-2)8(10)11-7-3;1-4-7(3,5-2)6(8)9;1-2;;/h5-7H2,1-4H3;4-5H2,1-3H3,(H,8,9);2H,1H3;;1H2/q;;;+1;/p-1. The maximum Gasteiger partial charge on any atom is 1.00 e. The number of aliphatic hydroxyl groups is 1. The fourth-order valence-electron chi connectivity index (χ4n) is 1.40. The first kappa shape index (κ1) is 35.1. The van der Waals surface area contributed by atoms with Crippen molar-refractivity contribution < 1.29 is 59.6 Å². The van der Waals surface area contributed by atoms with E-state index in [0.29, 0.717) is 19.4 Å². The van der Waals surface area contributed by atoms with E-state index in [1.54, 1.807) is 6.92 Å². The Morgan fingerprint density at radius 2 is 1.12 bits per heavy atom. The summed E-state index contributed by atoms with van der Waals surface area (Å²) in [5.41, 5.74) is -0.768. The Hall–Kier alpha value is -0.140. The zero-order chi connectivity index (χ0) is 18.4. The topological polar surface area (TPSA) is 114 Å². The van der Waals surface area contributed by atoms with E-state index in [1.165, 1.54) is 0 Å². The maximum atomic E-state index is 11.3. The smallest absolute Gasteiger partial charge is 0.870 e. The SMILES string of the molecule is CCC(C)(CC)C(=O)O.CCOC(=O)C(C)(CC)CC.CO.[Na+].[OH-]. The fraction of sp³-hybridized carbons (Fsp3) is 0.882. The fourth-order valence-corrected chi connectivity index (χ4v) is 1.40. The minimum atomic E-state index is -0.687. The number of hydrogen-bond donors (Lipinski definition) is 2. The molecule has 6 nitrogen and oxygen atoms in total. The number of carboxylic acid groups (broad SMARTS) is 1. The molecule has 0 aromatic carbocycles. The van der Waals surface area contributed by atoms with E-state index in [0.717, 1.165) is 20.0 Å². The summed E-state index contributed by atoms with van der Waals surface area (Å²) in [7, 11) is 1.00. The predicted molar refractivity (Wildman–Crippen MR) is 91.7 cm³/mol. The molecule has 3 N–H and O–H groups in total. The number of esters is 1. The summed E-state index contributed by atoms with van der Waals surface area (Å²) < 4.78 is 4.95. The number of hydrogen-bond acceptors (Lipinski definition) is 5. The number of ether oxygens (including phenoxy) is 1. The average molecular weight is 360 g/mol. The zero-order valence-corrected chi connectivity index (χ0v) is 19.1. The Labute approximate surface area is 170 Å². The van der Waals surface area contributed by atoms with E-state index in [9.17, 15) is 9.59 Å². The van der Waals surface area contributed by atoms with Crippen molar-refractivity contribution in [2.45, 2.75) is 74.1 Å². The van der Waals surface area contributed by atoms with Gasteiger partial charge in [0.25, 0.3) is 0 Å². The van der Waals surface area contributed by atoms with Gasteiger partial charge in [-0.1, -0.05) is 27.7 Å². The Morgan fingerprint density at radius 3 is 1.25 bits per heavy atom. The summed E-state index contributed by atoms with van der Waals surface area (Å²) in [4.78, 5) is 21.8. The van der Waals surface area contributed by atoms with Crippen LogP contribution in [0.15, 0.2) is 0 Å². The van der Waals surface area contributed by atoms with E-state index in [1.807, 2.05) is 41.5 Å². The monoisotopic (exact) mass is 360 g/mol. The molecule has 142 valence electrons. The molecule has 0 heterocycles. The van der Waals surface area contributed by atoms with Crippen molar-refractivity contribution in [2.75, 3.05) is 13.7 Å². The normalized spacial score (nSPS) is 9.71. The summed E-state index contributed by atoms with van der Waals surface area (Å²) in [6.07, 6.45) is 3.11. The quantitative estimate of drug-likeness (QED) is 0.510. The average Bonchev–Trinajstić information content (AvgIpc) is 2.55. The van der Waals surface area contributed by atoms with Gasteiger partial charge >= 0.3 is 41.5 Å². The Morgan fingerprint density at radius 1 is 0.833 bits per heavy atom. The molecule has 0 aliphatic carbocycles. The van der Waals surface area contributed by atoms with E-state index < -0.39 is 11.4 Å². The molecule has 0 saturated heterocycles. The molecule has 0 rings (SSSR count). The molecule has 0 aromatic rings. The van der Waals surface area contributed by atoms with Crippen LogP contribution in [-0.4, -0.2) is 41.3 Å². The van der Waals surface area contributed by atoms with E-state index in [-0.39, 0.29) is 46.4 Å². The molecule has 0 fully saturated rings. The summed E-state index contributed by atoms with van der Waals surface area (Å²) in [5.74, 6) is -0.752. The molecule has 24 heavy (non-hydrogen) atoms. The molecule has 0 aromatic heterocycles. The second-order valence-electron chi connectivity index (χ2n) is 5.56. The molecular formula is C17H37NaO6. The first-order chi connectivity index (χ1) is 10.2. The summed E-state index contributed by atoms with van der Waals surface area (Å²) in [6, 6.07) is 0. The number of rotatable bonds is 7. The Bertz CT molecular complexity index is 299. The van der Waals surface area contributed by atoms with Gasteiger partial charge in [-0.2, -0.15) is 0 Å². The van der Waals surface area contributed by atoms with Gasteiger partial charge in [0, 0.05) is 7.11 Å². The molecule has 0 aliphatic rings. The van der Waals surface area contributed by atoms with Crippen LogP contribution in [0.2, 0.25) is 0 Å². The number of carboxylic acids is 1. The second kappa shape index (κ2) is 19.2. The third-order valence-corrected chi connectivity index (χ3v) is 4.41. The largest absolute Gasteiger partial charge is 1.00 e. The number of carbonyl (C=O) groups excluding carboxylic acids is 1. The maximum absolute atomic E-state index is 11.3. The van der Waals surface area contributed by atoms with Gasteiger partial charge in [0.2, 0.25) is 0 Å². The van der Waals surface area contributed by atoms with Crippen LogP contribution >= 0.6 is 0 Å². The van der Waals surface area contributed by atoms with Crippen molar-refractivity contribution in [3.8, 4) is 0 Å². The summed E-state index contributed by atoms with van der Waals surface area (Å²) in [6.45, 7) is 13.9. The third-order valence-electron chi connectivity index (χ3n) is 4.41. The number of aliphatic hydroxyl groups excluding tert-OH is 1. The van der Waals surface area contributed by atoms with E-state index in [2.05, 4.69) is 0 Å². The van der Waals surface area contributed by atoms with Gasteiger partial charge in [-0.15, -0.1) is 0 Å². The minimum Gasteiger partial charge on any atom is -0.870 e. The molecule has 0 amide bonds. The summed E-state index contributed by atoms with van der Waals surface area (Å²) >= 11 is 0. The van der Waals surface area contributed by atoms with Gasteiger partial charge in [-0.25, -0.2) is 0 Å². The van der Waals surface area contributed by atoms with Crippen LogP contribution in [-0.2, 0) is 14.3 Å². The zero-order valence-electron chi connectivity index (χ0n) is 17.1. The van der Waals surface area contributed by atoms with Crippen molar-refractivity contribution in [3.05, 3.63) is 0 Å².